The van der Waals surface area contributed by atoms with E-state index >= 15 is 0 Å². The van der Waals surface area contributed by atoms with Gasteiger partial charge in [0, 0.05) is 30.1 Å². The van der Waals surface area contributed by atoms with Crippen molar-refractivity contribution in [1.29, 1.82) is 0 Å². The largest absolute Gasteiger partial charge is 0.379 e. The van der Waals surface area contributed by atoms with Crippen LogP contribution < -0.4 is 5.32 Å². The Hall–Kier alpha value is -1.65. The number of nitrogens with one attached hydrogen (secondary N) is 1. The Morgan fingerprint density at radius 3 is 2.87 bits per heavy atom. The van der Waals surface area contributed by atoms with Gasteiger partial charge in [-0.3, -0.25) is 9.69 Å². The minimum absolute atomic E-state index is 0.118. The fraction of sp³-hybridized carbons (Fsp3) is 0.550. The third-order valence-corrected chi connectivity index (χ3v) is 5.93. The summed E-state index contributed by atoms with van der Waals surface area (Å²) in [7, 11) is 1.85. The van der Waals surface area contributed by atoms with Crippen LogP contribution in [0.15, 0.2) is 27.6 Å². The van der Waals surface area contributed by atoms with Gasteiger partial charge in [0.25, 0.3) is 0 Å². The van der Waals surface area contributed by atoms with Crippen LogP contribution in [0, 0.1) is 5.92 Å². The lowest BCUT2D eigenvalue weighted by Crippen LogP contribution is -2.31. The topological polar surface area (TPSA) is 83.7 Å². The van der Waals surface area contributed by atoms with E-state index < -0.39 is 0 Å². The van der Waals surface area contributed by atoms with Crippen LogP contribution in [0.5, 0.6) is 0 Å². The lowest BCUT2D eigenvalue weighted by atomic mass is 10.1. The molecule has 0 bridgehead atoms. The molecule has 2 heterocycles. The molecule has 3 rings (SSSR count). The summed E-state index contributed by atoms with van der Waals surface area (Å²) < 4.78 is 12.8. The molecular weight excluding hydrogens is 426 g/mol. The number of rotatable bonds is 9. The Kier molecular flexibility index (Phi) is 8.52. The molecule has 1 amide bonds. The summed E-state index contributed by atoms with van der Waals surface area (Å²) in [5.74, 6) is 1.54. The molecule has 1 aliphatic rings. The Morgan fingerprint density at radius 1 is 1.37 bits per heavy atom. The SMILES string of the molecule is CC(C)Cc1nc(CN(C)CC(=O)Nc2ccc(Cl)c(SN3CCOCC3)c2)no1. The zero-order valence-corrected chi connectivity index (χ0v) is 19.1. The summed E-state index contributed by atoms with van der Waals surface area (Å²) in [5.41, 5.74) is 0.715. The second-order valence-corrected chi connectivity index (χ2v) is 9.25. The molecule has 0 spiro atoms. The molecule has 0 saturated carbocycles. The number of morpholine rings is 1. The minimum Gasteiger partial charge on any atom is -0.379 e. The van der Waals surface area contributed by atoms with E-state index in [1.54, 1.807) is 24.1 Å². The van der Waals surface area contributed by atoms with Crippen molar-refractivity contribution < 1.29 is 14.1 Å². The van der Waals surface area contributed by atoms with Crippen LogP contribution >= 0.6 is 23.5 Å². The van der Waals surface area contributed by atoms with Gasteiger partial charge in [0.15, 0.2) is 5.82 Å². The fourth-order valence-electron chi connectivity index (χ4n) is 2.96. The summed E-state index contributed by atoms with van der Waals surface area (Å²) in [6, 6.07) is 5.51. The van der Waals surface area contributed by atoms with E-state index in [-0.39, 0.29) is 12.5 Å². The third-order valence-electron chi connectivity index (χ3n) is 4.33. The van der Waals surface area contributed by atoms with Gasteiger partial charge >= 0.3 is 0 Å². The second kappa shape index (κ2) is 11.1. The number of aromatic nitrogens is 2. The van der Waals surface area contributed by atoms with Gasteiger partial charge in [-0.05, 0) is 43.1 Å². The van der Waals surface area contributed by atoms with Crippen LogP contribution in [0.3, 0.4) is 0 Å². The Bertz CT molecular complexity index is 842. The molecule has 0 radical (unpaired) electrons. The molecule has 164 valence electrons. The molecule has 30 heavy (non-hydrogen) atoms. The second-order valence-electron chi connectivity index (χ2n) is 7.70. The number of hydrogen-bond acceptors (Lipinski definition) is 8. The van der Waals surface area contributed by atoms with Crippen molar-refractivity contribution >= 4 is 35.1 Å². The number of carbonyl (C=O) groups is 1. The number of ether oxygens (including phenoxy) is 1. The summed E-state index contributed by atoms with van der Waals surface area (Å²) in [5, 5.41) is 7.58. The first-order valence-electron chi connectivity index (χ1n) is 9.99. The highest BCUT2D eigenvalue weighted by Crippen LogP contribution is 2.32. The van der Waals surface area contributed by atoms with Gasteiger partial charge in [-0.1, -0.05) is 30.6 Å². The van der Waals surface area contributed by atoms with Gasteiger partial charge < -0.3 is 14.6 Å². The lowest BCUT2D eigenvalue weighted by Gasteiger charge is -2.25. The normalized spacial score (nSPS) is 15.1. The molecule has 1 aromatic heterocycles. The van der Waals surface area contributed by atoms with Gasteiger partial charge in [0.1, 0.15) is 0 Å². The summed E-state index contributed by atoms with van der Waals surface area (Å²) in [4.78, 5) is 19.6. The van der Waals surface area contributed by atoms with E-state index in [2.05, 4.69) is 33.6 Å². The lowest BCUT2D eigenvalue weighted by molar-refractivity contribution is -0.117. The summed E-state index contributed by atoms with van der Waals surface area (Å²) in [6.07, 6.45) is 0.749. The molecule has 0 atom stereocenters. The molecule has 0 aliphatic carbocycles. The molecule has 1 N–H and O–H groups in total. The van der Waals surface area contributed by atoms with Gasteiger partial charge in [-0.25, -0.2) is 4.31 Å². The highest BCUT2D eigenvalue weighted by molar-refractivity contribution is 7.97. The quantitative estimate of drug-likeness (QED) is 0.579. The molecule has 1 aromatic carbocycles. The molecule has 1 saturated heterocycles. The average molecular weight is 454 g/mol. The number of anilines is 1. The Morgan fingerprint density at radius 2 is 2.13 bits per heavy atom. The van der Waals surface area contributed by atoms with Gasteiger partial charge in [0.05, 0.1) is 31.3 Å². The van der Waals surface area contributed by atoms with E-state index in [4.69, 9.17) is 20.9 Å². The highest BCUT2D eigenvalue weighted by atomic mass is 35.5. The number of amides is 1. The zero-order valence-electron chi connectivity index (χ0n) is 17.6. The number of hydrogen-bond donors (Lipinski definition) is 1. The van der Waals surface area contributed by atoms with E-state index in [9.17, 15) is 4.79 Å². The van der Waals surface area contributed by atoms with Gasteiger partial charge in [-0.2, -0.15) is 4.98 Å². The molecular formula is C20H28ClN5O3S. The Labute approximate surface area is 186 Å². The van der Waals surface area contributed by atoms with E-state index in [1.165, 1.54) is 0 Å². The molecule has 8 nitrogen and oxygen atoms in total. The maximum Gasteiger partial charge on any atom is 0.238 e. The Balaban J connectivity index is 1.51. The third kappa shape index (κ3) is 7.24. The number of halogens is 1. The number of carbonyl (C=O) groups excluding carboxylic acids is 1. The van der Waals surface area contributed by atoms with Gasteiger partial charge in [-0.15, -0.1) is 0 Å². The van der Waals surface area contributed by atoms with Crippen LogP contribution in [0.1, 0.15) is 25.6 Å². The van der Waals surface area contributed by atoms with Crippen LogP contribution in [0.25, 0.3) is 0 Å². The average Bonchev–Trinajstić information content (AvgIpc) is 3.11. The first-order chi connectivity index (χ1) is 14.4. The van der Waals surface area contributed by atoms with Crippen molar-refractivity contribution in [3.63, 3.8) is 0 Å². The molecule has 1 aliphatic heterocycles. The maximum absolute atomic E-state index is 12.5. The van der Waals surface area contributed by atoms with E-state index in [0.717, 1.165) is 24.4 Å². The van der Waals surface area contributed by atoms with Crippen molar-refractivity contribution in [2.45, 2.75) is 31.7 Å². The maximum atomic E-state index is 12.5. The van der Waals surface area contributed by atoms with Crippen LogP contribution in [0.2, 0.25) is 5.02 Å². The summed E-state index contributed by atoms with van der Waals surface area (Å²) in [6.45, 7) is 7.97. The first-order valence-corrected chi connectivity index (χ1v) is 11.1. The summed E-state index contributed by atoms with van der Waals surface area (Å²) >= 11 is 7.92. The van der Waals surface area contributed by atoms with Crippen molar-refractivity contribution in [1.82, 2.24) is 19.3 Å². The standard InChI is InChI=1S/C20H28ClN5O3S/c1-14(2)10-20-23-18(24-29-20)12-25(3)13-19(27)22-15-4-5-16(21)17(11-15)30-26-6-8-28-9-7-26/h4-5,11,14H,6-10,12-13H2,1-3H3,(H,22,27). The van der Waals surface area contributed by atoms with E-state index in [0.29, 0.717) is 48.1 Å². The van der Waals surface area contributed by atoms with Crippen molar-refractivity contribution in [2.24, 2.45) is 5.92 Å². The van der Waals surface area contributed by atoms with Crippen LogP contribution in [-0.2, 0) is 22.5 Å². The molecule has 0 unspecified atom stereocenters. The monoisotopic (exact) mass is 453 g/mol. The van der Waals surface area contributed by atoms with Crippen LogP contribution in [-0.4, -0.2) is 65.1 Å². The fourth-order valence-corrected chi connectivity index (χ4v) is 4.12. The number of likely N-dealkylation sites (N-methyl/N-ethyl adjacent to an activating group) is 1. The van der Waals surface area contributed by atoms with Crippen molar-refractivity contribution in [2.75, 3.05) is 45.2 Å². The van der Waals surface area contributed by atoms with Crippen molar-refractivity contribution in [3.05, 3.63) is 34.9 Å². The van der Waals surface area contributed by atoms with Crippen LogP contribution in [0.4, 0.5) is 5.69 Å². The molecule has 1 fully saturated rings. The van der Waals surface area contributed by atoms with Gasteiger partial charge in [0.2, 0.25) is 11.8 Å². The first kappa shape index (κ1) is 23.0. The predicted molar refractivity (Wildman–Crippen MR) is 118 cm³/mol. The van der Waals surface area contributed by atoms with Crippen molar-refractivity contribution in [3.8, 4) is 0 Å². The molecule has 2 aromatic rings. The number of benzene rings is 1. The smallest absolute Gasteiger partial charge is 0.238 e. The highest BCUT2D eigenvalue weighted by Gasteiger charge is 2.16. The van der Waals surface area contributed by atoms with E-state index in [1.807, 2.05) is 18.0 Å². The number of nitrogens with zero attached hydrogens (tertiary/aromatic N) is 4. The predicted octanol–water partition coefficient (Wildman–Crippen LogP) is 3.33. The minimum atomic E-state index is -0.118. The molecule has 10 heteroatoms. The zero-order chi connectivity index (χ0) is 21.5.